The Morgan fingerprint density at radius 2 is 1.68 bits per heavy atom. The van der Waals surface area contributed by atoms with E-state index in [1.807, 2.05) is 0 Å². The summed E-state index contributed by atoms with van der Waals surface area (Å²) in [4.78, 5) is 40.7. The van der Waals surface area contributed by atoms with Gasteiger partial charge in [-0.3, -0.25) is 18.7 Å². The molecule has 2 heterocycles. The molecule has 1 amide bonds. The van der Waals surface area contributed by atoms with Crippen LogP contribution >= 0.6 is 0 Å². The largest absolute Gasteiger partial charge is 0.341 e. The number of sulfonamides is 1. The van der Waals surface area contributed by atoms with E-state index in [0.29, 0.717) is 24.5 Å². The number of fused-ring (bicyclic) bond motifs is 1. The molecule has 0 spiro atoms. The first-order valence-electron chi connectivity index (χ1n) is 12.2. The van der Waals surface area contributed by atoms with Crippen molar-refractivity contribution in [3.05, 3.63) is 39.0 Å². The van der Waals surface area contributed by atoms with Gasteiger partial charge in [-0.15, -0.1) is 0 Å². The molecule has 2 fully saturated rings. The van der Waals surface area contributed by atoms with Crippen LogP contribution in [-0.2, 0) is 28.4 Å². The maximum atomic E-state index is 13.3. The molecule has 1 N–H and O–H groups in total. The highest BCUT2D eigenvalue weighted by atomic mass is 32.2. The average Bonchev–Trinajstić information content (AvgIpc) is 3.11. The van der Waals surface area contributed by atoms with Gasteiger partial charge in [0.15, 0.2) is 0 Å². The van der Waals surface area contributed by atoms with Gasteiger partial charge in [-0.1, -0.05) is 19.8 Å². The number of benzene rings is 1. The second kappa shape index (κ2) is 10.0. The molecular formula is C24H34N4O5S. The van der Waals surface area contributed by atoms with E-state index in [2.05, 4.69) is 11.6 Å². The molecule has 1 aliphatic heterocycles. The third kappa shape index (κ3) is 5.12. The summed E-state index contributed by atoms with van der Waals surface area (Å²) in [5.41, 5.74) is -0.908. The van der Waals surface area contributed by atoms with Crippen molar-refractivity contribution in [2.75, 3.05) is 13.1 Å². The van der Waals surface area contributed by atoms with Gasteiger partial charge < -0.3 is 4.90 Å². The summed E-state index contributed by atoms with van der Waals surface area (Å²) in [6.07, 6.45) is 7.46. The Hall–Kier alpha value is -2.46. The molecule has 186 valence electrons. The number of rotatable bonds is 5. The zero-order valence-corrected chi connectivity index (χ0v) is 20.8. The normalized spacial score (nSPS) is 22.0. The summed E-state index contributed by atoms with van der Waals surface area (Å²) in [5.74, 6) is 0.329. The van der Waals surface area contributed by atoms with Gasteiger partial charge in [0.1, 0.15) is 6.54 Å². The predicted octanol–water partition coefficient (Wildman–Crippen LogP) is 1.96. The topological polar surface area (TPSA) is 110 Å². The first kappa shape index (κ1) is 24.7. The van der Waals surface area contributed by atoms with E-state index in [9.17, 15) is 22.8 Å². The number of amides is 1. The molecule has 0 unspecified atom stereocenters. The first-order chi connectivity index (χ1) is 16.2. The molecule has 0 atom stereocenters. The van der Waals surface area contributed by atoms with Crippen LogP contribution in [0.25, 0.3) is 10.9 Å². The highest BCUT2D eigenvalue weighted by Crippen LogP contribution is 2.25. The Morgan fingerprint density at radius 1 is 1.03 bits per heavy atom. The van der Waals surface area contributed by atoms with Gasteiger partial charge in [0.25, 0.3) is 5.56 Å². The first-order valence-corrected chi connectivity index (χ1v) is 13.7. The van der Waals surface area contributed by atoms with Gasteiger partial charge in [-0.2, -0.15) is 0 Å². The second-order valence-electron chi connectivity index (χ2n) is 9.78. The number of carbonyl (C=O) groups excluding carboxylic acids is 1. The monoisotopic (exact) mass is 490 g/mol. The molecule has 1 aromatic heterocycles. The molecule has 10 heteroatoms. The molecule has 2 aromatic rings. The average molecular weight is 491 g/mol. The summed E-state index contributed by atoms with van der Waals surface area (Å²) in [6, 6.07) is 4.09. The lowest BCUT2D eigenvalue weighted by molar-refractivity contribution is -0.131. The maximum Gasteiger partial charge on any atom is 0.331 e. The quantitative estimate of drug-likeness (QED) is 0.689. The Morgan fingerprint density at radius 3 is 2.32 bits per heavy atom. The standard InChI is InChI=1S/C24H34N4O5S/c1-17-7-9-18(10-8-17)25-34(32,33)19-11-12-21-20(15-19)23(30)28(24(31)26(21)2)16-22(29)27-13-5-3-4-6-14-27/h11-12,15,17-18,25H,3-10,13-14,16H2,1-2H3. The van der Waals surface area contributed by atoms with Crippen molar-refractivity contribution < 1.29 is 13.2 Å². The van der Waals surface area contributed by atoms with Gasteiger partial charge in [0.2, 0.25) is 15.9 Å². The highest BCUT2D eigenvalue weighted by molar-refractivity contribution is 7.89. The minimum atomic E-state index is -3.83. The molecule has 1 aromatic carbocycles. The van der Waals surface area contributed by atoms with Crippen LogP contribution in [0.15, 0.2) is 32.7 Å². The van der Waals surface area contributed by atoms with Gasteiger partial charge in [-0.25, -0.2) is 17.9 Å². The van der Waals surface area contributed by atoms with Crippen molar-refractivity contribution in [1.29, 1.82) is 0 Å². The lowest BCUT2D eigenvalue weighted by Crippen LogP contribution is -2.44. The van der Waals surface area contributed by atoms with E-state index in [0.717, 1.165) is 55.9 Å². The predicted molar refractivity (Wildman–Crippen MR) is 130 cm³/mol. The van der Waals surface area contributed by atoms with E-state index in [4.69, 9.17) is 0 Å². The van der Waals surface area contributed by atoms with E-state index in [1.54, 1.807) is 4.90 Å². The van der Waals surface area contributed by atoms with E-state index in [1.165, 1.54) is 29.8 Å². The van der Waals surface area contributed by atoms with Crippen LogP contribution < -0.4 is 16.0 Å². The van der Waals surface area contributed by atoms with Crippen LogP contribution in [-0.4, -0.2) is 47.5 Å². The zero-order valence-electron chi connectivity index (χ0n) is 20.0. The number of aryl methyl sites for hydroxylation is 1. The SMILES string of the molecule is CC1CCC(NS(=O)(=O)c2ccc3c(c2)c(=O)n(CC(=O)N2CCCCCC2)c(=O)n3C)CC1. The molecular weight excluding hydrogens is 456 g/mol. The number of hydrogen-bond donors (Lipinski definition) is 1. The fourth-order valence-electron chi connectivity index (χ4n) is 5.02. The number of likely N-dealkylation sites (tertiary alicyclic amines) is 1. The Balaban J connectivity index is 1.66. The number of nitrogens with zero attached hydrogens (tertiary/aromatic N) is 3. The summed E-state index contributed by atoms with van der Waals surface area (Å²) < 4.78 is 31.1. The summed E-state index contributed by atoms with van der Waals surface area (Å²) >= 11 is 0. The van der Waals surface area contributed by atoms with Crippen molar-refractivity contribution in [3.63, 3.8) is 0 Å². The van der Waals surface area contributed by atoms with Crippen molar-refractivity contribution in [3.8, 4) is 0 Å². The van der Waals surface area contributed by atoms with Crippen LogP contribution in [0, 0.1) is 5.92 Å². The van der Waals surface area contributed by atoms with Crippen molar-refractivity contribution in [2.24, 2.45) is 13.0 Å². The minimum absolute atomic E-state index is 0.0141. The number of nitrogens with one attached hydrogen (secondary N) is 1. The minimum Gasteiger partial charge on any atom is -0.341 e. The molecule has 0 radical (unpaired) electrons. The Labute approximate surface area is 199 Å². The Bertz CT molecular complexity index is 1280. The van der Waals surface area contributed by atoms with Crippen molar-refractivity contribution in [1.82, 2.24) is 18.8 Å². The molecule has 34 heavy (non-hydrogen) atoms. The highest BCUT2D eigenvalue weighted by Gasteiger charge is 2.25. The van der Waals surface area contributed by atoms with Gasteiger partial charge in [0.05, 0.1) is 15.8 Å². The van der Waals surface area contributed by atoms with E-state index < -0.39 is 21.3 Å². The molecule has 1 saturated carbocycles. The number of aromatic nitrogens is 2. The molecule has 1 saturated heterocycles. The summed E-state index contributed by atoms with van der Waals surface area (Å²) in [5, 5.41) is 0.103. The molecule has 1 aliphatic carbocycles. The molecule has 0 bridgehead atoms. The van der Waals surface area contributed by atoms with Crippen LogP contribution in [0.2, 0.25) is 0 Å². The fourth-order valence-corrected chi connectivity index (χ4v) is 6.35. The van der Waals surface area contributed by atoms with E-state index in [-0.39, 0.29) is 28.8 Å². The molecule has 2 aliphatic rings. The third-order valence-corrected chi connectivity index (χ3v) is 8.74. The summed E-state index contributed by atoms with van der Waals surface area (Å²) in [6.45, 7) is 3.06. The van der Waals surface area contributed by atoms with E-state index >= 15 is 0 Å². The number of carbonyl (C=O) groups is 1. The summed E-state index contributed by atoms with van der Waals surface area (Å²) in [7, 11) is -2.31. The van der Waals surface area contributed by atoms with Crippen molar-refractivity contribution >= 4 is 26.8 Å². The van der Waals surface area contributed by atoms with Crippen LogP contribution in [0.5, 0.6) is 0 Å². The zero-order chi connectivity index (χ0) is 24.5. The Kier molecular flexibility index (Phi) is 7.28. The van der Waals surface area contributed by atoms with Gasteiger partial charge >= 0.3 is 5.69 Å². The van der Waals surface area contributed by atoms with Crippen LogP contribution in [0.3, 0.4) is 0 Å². The number of hydrogen-bond acceptors (Lipinski definition) is 5. The lowest BCUT2D eigenvalue weighted by Gasteiger charge is -2.26. The van der Waals surface area contributed by atoms with Crippen LogP contribution in [0.4, 0.5) is 0 Å². The lowest BCUT2D eigenvalue weighted by atomic mass is 9.88. The fraction of sp³-hybridized carbons (Fsp3) is 0.625. The second-order valence-corrected chi connectivity index (χ2v) is 11.5. The van der Waals surface area contributed by atoms with Gasteiger partial charge in [-0.05, 0) is 62.6 Å². The van der Waals surface area contributed by atoms with Gasteiger partial charge in [0, 0.05) is 26.2 Å². The van der Waals surface area contributed by atoms with Crippen molar-refractivity contribution in [2.45, 2.75) is 75.8 Å². The smallest absolute Gasteiger partial charge is 0.331 e. The third-order valence-electron chi connectivity index (χ3n) is 7.22. The maximum absolute atomic E-state index is 13.3. The molecule has 9 nitrogen and oxygen atoms in total. The molecule has 4 rings (SSSR count). The van der Waals surface area contributed by atoms with Crippen LogP contribution in [0.1, 0.15) is 58.3 Å².